The van der Waals surface area contributed by atoms with Crippen LogP contribution in [0, 0.1) is 0 Å². The molecule has 0 spiro atoms. The highest BCUT2D eigenvalue weighted by molar-refractivity contribution is 6.05. The van der Waals surface area contributed by atoms with Crippen LogP contribution in [0.1, 0.15) is 16.8 Å². The highest BCUT2D eigenvalue weighted by Crippen LogP contribution is 2.27. The molecule has 0 aliphatic rings. The summed E-state index contributed by atoms with van der Waals surface area (Å²) in [7, 11) is 1.59. The molecule has 0 unspecified atom stereocenters. The summed E-state index contributed by atoms with van der Waals surface area (Å²) < 4.78 is 10.7. The zero-order valence-electron chi connectivity index (χ0n) is 19.7. The minimum Gasteiger partial charge on any atom is -0.497 e. The second-order valence-electron chi connectivity index (χ2n) is 7.97. The number of anilines is 1. The molecule has 0 saturated heterocycles. The lowest BCUT2D eigenvalue weighted by atomic mass is 10.0. The number of rotatable bonds is 9. The zero-order valence-corrected chi connectivity index (χ0v) is 19.7. The Kier molecular flexibility index (Phi) is 7.55. The first-order valence-electron chi connectivity index (χ1n) is 11.3. The Bertz CT molecular complexity index is 1390. The molecule has 8 heteroatoms. The maximum absolute atomic E-state index is 13.2. The SMILES string of the molecule is COc1ccc(-c2cc(C(=O)OCC(=O)N(CCC(N)=O)c3ccccc3)c3ccccc3n2)cc1. The summed E-state index contributed by atoms with van der Waals surface area (Å²) in [5.41, 5.74) is 8.15. The van der Waals surface area contributed by atoms with Gasteiger partial charge in [-0.15, -0.1) is 0 Å². The van der Waals surface area contributed by atoms with E-state index in [1.807, 2.05) is 42.5 Å². The first kappa shape index (κ1) is 24.4. The third-order valence-corrected chi connectivity index (χ3v) is 5.60. The van der Waals surface area contributed by atoms with E-state index in [0.717, 1.165) is 5.56 Å². The van der Waals surface area contributed by atoms with Gasteiger partial charge in [0.15, 0.2) is 6.61 Å². The number of carbonyl (C=O) groups excluding carboxylic acids is 3. The Morgan fingerprint density at radius 1 is 0.917 bits per heavy atom. The number of fused-ring (bicyclic) bond motifs is 1. The maximum atomic E-state index is 13.2. The molecule has 0 bridgehead atoms. The summed E-state index contributed by atoms with van der Waals surface area (Å²) in [4.78, 5) is 43.5. The van der Waals surface area contributed by atoms with Gasteiger partial charge >= 0.3 is 5.97 Å². The fraction of sp³-hybridized carbons (Fsp3) is 0.143. The van der Waals surface area contributed by atoms with Gasteiger partial charge in [-0.25, -0.2) is 9.78 Å². The van der Waals surface area contributed by atoms with E-state index in [0.29, 0.717) is 33.6 Å². The number of pyridine rings is 1. The Hall–Kier alpha value is -4.72. The molecule has 0 saturated carbocycles. The average molecular weight is 484 g/mol. The molecule has 0 atom stereocenters. The molecule has 1 aromatic heterocycles. The van der Waals surface area contributed by atoms with Crippen molar-refractivity contribution in [3.05, 3.63) is 90.5 Å². The van der Waals surface area contributed by atoms with E-state index in [-0.39, 0.29) is 13.0 Å². The van der Waals surface area contributed by atoms with Crippen molar-refractivity contribution >= 4 is 34.4 Å². The Balaban J connectivity index is 1.58. The van der Waals surface area contributed by atoms with E-state index in [2.05, 4.69) is 4.98 Å². The molecular formula is C28H25N3O5. The minimum absolute atomic E-state index is 0.0191. The highest BCUT2D eigenvalue weighted by atomic mass is 16.5. The normalized spacial score (nSPS) is 10.6. The molecule has 3 aromatic carbocycles. The first-order valence-corrected chi connectivity index (χ1v) is 11.3. The Labute approximate surface area is 208 Å². The first-order chi connectivity index (χ1) is 17.5. The fourth-order valence-electron chi connectivity index (χ4n) is 3.76. The number of hydrogen-bond donors (Lipinski definition) is 1. The van der Waals surface area contributed by atoms with Crippen LogP contribution in [0.25, 0.3) is 22.2 Å². The third-order valence-electron chi connectivity index (χ3n) is 5.60. The molecule has 36 heavy (non-hydrogen) atoms. The van der Waals surface area contributed by atoms with Crippen molar-refractivity contribution in [3.63, 3.8) is 0 Å². The number of ether oxygens (including phenoxy) is 2. The van der Waals surface area contributed by atoms with Crippen LogP contribution in [0.15, 0.2) is 84.9 Å². The van der Waals surface area contributed by atoms with Crippen molar-refractivity contribution in [3.8, 4) is 17.0 Å². The number of nitrogens with zero attached hydrogens (tertiary/aromatic N) is 2. The molecule has 4 rings (SSSR count). The van der Waals surface area contributed by atoms with Crippen LogP contribution in [0.5, 0.6) is 5.75 Å². The smallest absolute Gasteiger partial charge is 0.339 e. The standard InChI is InChI=1S/C28H25N3O5/c1-35-21-13-11-19(12-14-21)25-17-23(22-9-5-6-10-24(22)30-25)28(34)36-18-27(33)31(16-15-26(29)32)20-7-3-2-4-8-20/h2-14,17H,15-16,18H2,1H3,(H2,29,32). The Morgan fingerprint density at radius 2 is 1.61 bits per heavy atom. The largest absolute Gasteiger partial charge is 0.497 e. The Morgan fingerprint density at radius 3 is 2.31 bits per heavy atom. The molecule has 182 valence electrons. The van der Waals surface area contributed by atoms with E-state index in [1.165, 1.54) is 4.90 Å². The topological polar surface area (TPSA) is 112 Å². The van der Waals surface area contributed by atoms with Crippen LogP contribution in [-0.2, 0) is 14.3 Å². The number of aromatic nitrogens is 1. The lowest BCUT2D eigenvalue weighted by Crippen LogP contribution is -2.37. The predicted molar refractivity (Wildman–Crippen MR) is 137 cm³/mol. The molecule has 0 fully saturated rings. The quantitative estimate of drug-likeness (QED) is 0.361. The molecule has 0 aliphatic carbocycles. The van der Waals surface area contributed by atoms with Crippen molar-refractivity contribution in [1.29, 1.82) is 0 Å². The number of benzene rings is 3. The number of primary amides is 1. The van der Waals surface area contributed by atoms with Gasteiger partial charge in [-0.3, -0.25) is 9.59 Å². The summed E-state index contributed by atoms with van der Waals surface area (Å²) in [5, 5.41) is 0.612. The van der Waals surface area contributed by atoms with Gasteiger partial charge in [-0.05, 0) is 48.5 Å². The molecule has 2 N–H and O–H groups in total. The number of methoxy groups -OCH3 is 1. The third kappa shape index (κ3) is 5.67. The van der Waals surface area contributed by atoms with E-state index in [9.17, 15) is 14.4 Å². The van der Waals surface area contributed by atoms with Crippen molar-refractivity contribution in [2.45, 2.75) is 6.42 Å². The van der Waals surface area contributed by atoms with Gasteiger partial charge in [-0.1, -0.05) is 36.4 Å². The maximum Gasteiger partial charge on any atom is 0.339 e. The van der Waals surface area contributed by atoms with Crippen molar-refractivity contribution < 1.29 is 23.9 Å². The van der Waals surface area contributed by atoms with E-state index >= 15 is 0 Å². The molecular weight excluding hydrogens is 458 g/mol. The second-order valence-corrected chi connectivity index (χ2v) is 7.97. The van der Waals surface area contributed by atoms with Crippen LogP contribution in [0.4, 0.5) is 5.69 Å². The lowest BCUT2D eigenvalue weighted by Gasteiger charge is -2.22. The summed E-state index contributed by atoms with van der Waals surface area (Å²) in [5.74, 6) is -0.948. The van der Waals surface area contributed by atoms with Gasteiger partial charge in [0.05, 0.1) is 23.9 Å². The molecule has 1 heterocycles. The number of para-hydroxylation sites is 2. The van der Waals surface area contributed by atoms with Crippen molar-refractivity contribution in [2.24, 2.45) is 5.73 Å². The number of carbonyl (C=O) groups is 3. The summed E-state index contributed by atoms with van der Waals surface area (Å²) in [6, 6.07) is 25.0. The average Bonchev–Trinajstić information content (AvgIpc) is 2.91. The van der Waals surface area contributed by atoms with Crippen LogP contribution in [0.3, 0.4) is 0 Å². The minimum atomic E-state index is -0.653. The second kappa shape index (κ2) is 11.1. The predicted octanol–water partition coefficient (Wildman–Crippen LogP) is 3.98. The number of amides is 2. The number of esters is 1. The molecule has 8 nitrogen and oxygen atoms in total. The van der Waals surface area contributed by atoms with E-state index < -0.39 is 24.4 Å². The summed E-state index contributed by atoms with van der Waals surface area (Å²) in [6.45, 7) is -0.420. The summed E-state index contributed by atoms with van der Waals surface area (Å²) >= 11 is 0. The van der Waals surface area contributed by atoms with Gasteiger partial charge in [0, 0.05) is 29.6 Å². The fourth-order valence-corrected chi connectivity index (χ4v) is 3.76. The van der Waals surface area contributed by atoms with Gasteiger partial charge < -0.3 is 20.1 Å². The van der Waals surface area contributed by atoms with Crippen LogP contribution in [0.2, 0.25) is 0 Å². The lowest BCUT2D eigenvalue weighted by molar-refractivity contribution is -0.121. The van der Waals surface area contributed by atoms with Crippen molar-refractivity contribution in [2.75, 3.05) is 25.2 Å². The zero-order chi connectivity index (χ0) is 25.5. The molecule has 0 aliphatic heterocycles. The monoisotopic (exact) mass is 483 g/mol. The van der Waals surface area contributed by atoms with Crippen molar-refractivity contribution in [1.82, 2.24) is 4.98 Å². The molecule has 0 radical (unpaired) electrons. The van der Waals surface area contributed by atoms with Gasteiger partial charge in [0.25, 0.3) is 5.91 Å². The van der Waals surface area contributed by atoms with Crippen LogP contribution >= 0.6 is 0 Å². The summed E-state index contributed by atoms with van der Waals surface area (Å²) in [6.07, 6.45) is -0.0191. The number of hydrogen-bond acceptors (Lipinski definition) is 6. The van der Waals surface area contributed by atoms with Crippen LogP contribution < -0.4 is 15.4 Å². The van der Waals surface area contributed by atoms with Gasteiger partial charge in [0.1, 0.15) is 5.75 Å². The highest BCUT2D eigenvalue weighted by Gasteiger charge is 2.21. The van der Waals surface area contributed by atoms with E-state index in [1.54, 1.807) is 49.6 Å². The number of nitrogens with two attached hydrogens (primary N) is 1. The van der Waals surface area contributed by atoms with Gasteiger partial charge in [0.2, 0.25) is 5.91 Å². The molecule has 2 amide bonds. The molecule has 4 aromatic rings. The van der Waals surface area contributed by atoms with Gasteiger partial charge in [-0.2, -0.15) is 0 Å². The van der Waals surface area contributed by atoms with Crippen LogP contribution in [-0.4, -0.2) is 43.0 Å². The van der Waals surface area contributed by atoms with E-state index in [4.69, 9.17) is 15.2 Å².